The molecule has 2 N–H and O–H groups in total. The molecule has 0 aliphatic heterocycles. The van der Waals surface area contributed by atoms with Crippen LogP contribution in [0.5, 0.6) is 5.75 Å². The van der Waals surface area contributed by atoms with Gasteiger partial charge in [0.2, 0.25) is 0 Å². The smallest absolute Gasteiger partial charge is 0.416 e. The van der Waals surface area contributed by atoms with Crippen molar-refractivity contribution in [3.05, 3.63) is 71.9 Å². The lowest BCUT2D eigenvalue weighted by Gasteiger charge is -2.14. The van der Waals surface area contributed by atoms with E-state index in [4.69, 9.17) is 4.74 Å². The molecule has 0 bridgehead atoms. The molecular formula is C24H23F3N4O3. The van der Waals surface area contributed by atoms with E-state index in [1.165, 1.54) is 12.1 Å². The summed E-state index contributed by atoms with van der Waals surface area (Å²) in [6, 6.07) is 12.6. The molecule has 10 heteroatoms. The summed E-state index contributed by atoms with van der Waals surface area (Å²) in [6.07, 6.45) is 1.54. The molecule has 0 unspecified atom stereocenters. The molecule has 0 saturated heterocycles. The third kappa shape index (κ3) is 5.75. The van der Waals surface area contributed by atoms with Gasteiger partial charge in [0.1, 0.15) is 11.6 Å². The number of carbonyl (C=O) groups excluding carboxylic acids is 2. The molecule has 7 nitrogen and oxygen atoms in total. The Balaban J connectivity index is 1.30. The van der Waals surface area contributed by atoms with Crippen LogP contribution in [0.15, 0.2) is 60.8 Å². The molecular weight excluding hydrogens is 449 g/mol. The first kappa shape index (κ1) is 23.3. The maximum absolute atomic E-state index is 12.8. The van der Waals surface area contributed by atoms with Gasteiger partial charge in [-0.1, -0.05) is 18.9 Å². The van der Waals surface area contributed by atoms with Crippen molar-refractivity contribution in [2.24, 2.45) is 0 Å². The maximum atomic E-state index is 12.8. The van der Waals surface area contributed by atoms with Gasteiger partial charge in [-0.3, -0.25) is 9.59 Å². The van der Waals surface area contributed by atoms with Gasteiger partial charge in [0, 0.05) is 17.3 Å². The average molecular weight is 472 g/mol. The highest BCUT2D eigenvalue weighted by Crippen LogP contribution is 2.32. The summed E-state index contributed by atoms with van der Waals surface area (Å²) in [5.74, 6) is 0.0742. The molecule has 1 aromatic heterocycles. The minimum Gasteiger partial charge on any atom is -0.484 e. The van der Waals surface area contributed by atoms with Crippen LogP contribution in [-0.2, 0) is 11.0 Å². The molecule has 2 amide bonds. The first-order valence-electron chi connectivity index (χ1n) is 10.8. The van der Waals surface area contributed by atoms with Crippen LogP contribution in [-0.4, -0.2) is 28.2 Å². The van der Waals surface area contributed by atoms with Crippen LogP contribution in [0.3, 0.4) is 0 Å². The van der Waals surface area contributed by atoms with Crippen LogP contribution in [0.4, 0.5) is 24.7 Å². The lowest BCUT2D eigenvalue weighted by Crippen LogP contribution is -2.20. The minimum atomic E-state index is -4.50. The van der Waals surface area contributed by atoms with Gasteiger partial charge in [-0.15, -0.1) is 0 Å². The van der Waals surface area contributed by atoms with Gasteiger partial charge in [-0.05, 0) is 55.3 Å². The lowest BCUT2D eigenvalue weighted by atomic mass is 10.2. The SMILES string of the molecule is O=C(COc1ccc(C(=O)Nc2ccnn2C2CCCC2)cc1)Nc1cccc(C(F)(F)F)c1. The molecule has 0 atom stereocenters. The molecule has 34 heavy (non-hydrogen) atoms. The summed E-state index contributed by atoms with van der Waals surface area (Å²) in [4.78, 5) is 24.7. The second-order valence-corrected chi connectivity index (χ2v) is 7.99. The zero-order valence-electron chi connectivity index (χ0n) is 18.1. The zero-order valence-corrected chi connectivity index (χ0v) is 18.1. The van der Waals surface area contributed by atoms with Gasteiger partial charge in [0.15, 0.2) is 6.61 Å². The molecule has 0 spiro atoms. The molecule has 1 aliphatic rings. The van der Waals surface area contributed by atoms with E-state index in [0.29, 0.717) is 23.2 Å². The van der Waals surface area contributed by atoms with Gasteiger partial charge in [-0.25, -0.2) is 4.68 Å². The van der Waals surface area contributed by atoms with Crippen LogP contribution in [0.25, 0.3) is 0 Å². The molecule has 1 fully saturated rings. The molecule has 3 aromatic rings. The van der Waals surface area contributed by atoms with Crippen molar-refractivity contribution in [3.8, 4) is 5.75 Å². The van der Waals surface area contributed by atoms with Gasteiger partial charge in [0.05, 0.1) is 17.8 Å². The predicted molar refractivity (Wildman–Crippen MR) is 120 cm³/mol. The van der Waals surface area contributed by atoms with Crippen LogP contribution >= 0.6 is 0 Å². The molecule has 1 heterocycles. The number of rotatable bonds is 7. The Morgan fingerprint density at radius 1 is 1.03 bits per heavy atom. The summed E-state index contributed by atoms with van der Waals surface area (Å²) >= 11 is 0. The van der Waals surface area contributed by atoms with Crippen molar-refractivity contribution < 1.29 is 27.5 Å². The highest BCUT2D eigenvalue weighted by atomic mass is 19.4. The Morgan fingerprint density at radius 3 is 2.47 bits per heavy atom. The summed E-state index contributed by atoms with van der Waals surface area (Å²) in [6.45, 7) is -0.400. The summed E-state index contributed by atoms with van der Waals surface area (Å²) in [5.41, 5.74) is -0.432. The third-order valence-corrected chi connectivity index (χ3v) is 5.54. The fourth-order valence-corrected chi connectivity index (χ4v) is 3.86. The topological polar surface area (TPSA) is 85.2 Å². The Hall–Kier alpha value is -3.82. The number of anilines is 2. The lowest BCUT2D eigenvalue weighted by molar-refractivity contribution is -0.137. The highest BCUT2D eigenvalue weighted by molar-refractivity contribution is 6.03. The Kier molecular flexibility index (Phi) is 6.85. The maximum Gasteiger partial charge on any atom is 0.416 e. The van der Waals surface area contributed by atoms with E-state index in [2.05, 4.69) is 15.7 Å². The monoisotopic (exact) mass is 472 g/mol. The van der Waals surface area contributed by atoms with Gasteiger partial charge >= 0.3 is 6.18 Å². The number of aromatic nitrogens is 2. The van der Waals surface area contributed by atoms with Gasteiger partial charge in [-0.2, -0.15) is 18.3 Å². The average Bonchev–Trinajstić information content (AvgIpc) is 3.49. The number of hydrogen-bond donors (Lipinski definition) is 2. The summed E-state index contributed by atoms with van der Waals surface area (Å²) in [7, 11) is 0. The third-order valence-electron chi connectivity index (χ3n) is 5.54. The molecule has 1 aliphatic carbocycles. The van der Waals surface area contributed by atoms with Crippen molar-refractivity contribution in [1.82, 2.24) is 9.78 Å². The van der Waals surface area contributed by atoms with Crippen LogP contribution < -0.4 is 15.4 Å². The minimum absolute atomic E-state index is 0.0206. The zero-order chi connectivity index (χ0) is 24.1. The van der Waals surface area contributed by atoms with Crippen molar-refractivity contribution in [2.75, 3.05) is 17.2 Å². The van der Waals surface area contributed by atoms with Crippen LogP contribution in [0.1, 0.15) is 47.6 Å². The number of alkyl halides is 3. The van der Waals surface area contributed by atoms with E-state index in [9.17, 15) is 22.8 Å². The fourth-order valence-electron chi connectivity index (χ4n) is 3.86. The standard InChI is InChI=1S/C24H23F3N4O3/c25-24(26,27)17-4-3-5-18(14-17)29-22(32)15-34-20-10-8-16(9-11-20)23(33)30-21-12-13-28-31(21)19-6-1-2-7-19/h3-5,8-14,19H,1-2,6-7,15H2,(H,29,32)(H,30,33). The van der Waals surface area contributed by atoms with E-state index in [-0.39, 0.29) is 11.6 Å². The van der Waals surface area contributed by atoms with Crippen molar-refractivity contribution in [3.63, 3.8) is 0 Å². The van der Waals surface area contributed by atoms with E-state index >= 15 is 0 Å². The Bertz CT molecular complexity index is 1150. The van der Waals surface area contributed by atoms with E-state index in [1.54, 1.807) is 36.5 Å². The number of carbonyl (C=O) groups is 2. The van der Waals surface area contributed by atoms with Gasteiger partial charge in [0.25, 0.3) is 11.8 Å². The number of halogens is 3. The first-order chi connectivity index (χ1) is 16.3. The molecule has 4 rings (SSSR count). The normalized spacial score (nSPS) is 14.1. The van der Waals surface area contributed by atoms with E-state index in [1.807, 2.05) is 4.68 Å². The second kappa shape index (κ2) is 9.98. The van der Waals surface area contributed by atoms with Crippen LogP contribution in [0, 0.1) is 0 Å². The summed E-state index contributed by atoms with van der Waals surface area (Å²) in [5, 5.41) is 9.58. The number of nitrogens with zero attached hydrogens (tertiary/aromatic N) is 2. The second-order valence-electron chi connectivity index (χ2n) is 7.99. The Labute approximate surface area is 193 Å². The number of hydrogen-bond acceptors (Lipinski definition) is 4. The van der Waals surface area contributed by atoms with Crippen molar-refractivity contribution >= 4 is 23.3 Å². The highest BCUT2D eigenvalue weighted by Gasteiger charge is 2.30. The van der Waals surface area contributed by atoms with Gasteiger partial charge < -0.3 is 15.4 Å². The molecule has 2 aromatic carbocycles. The number of ether oxygens (including phenoxy) is 1. The summed E-state index contributed by atoms with van der Waals surface area (Å²) < 4.78 is 45.6. The first-order valence-corrected chi connectivity index (χ1v) is 10.8. The predicted octanol–water partition coefficient (Wildman–Crippen LogP) is 5.29. The Morgan fingerprint density at radius 2 is 1.76 bits per heavy atom. The van der Waals surface area contributed by atoms with Crippen LogP contribution in [0.2, 0.25) is 0 Å². The fraction of sp³-hybridized carbons (Fsp3) is 0.292. The van der Waals surface area contributed by atoms with Crippen molar-refractivity contribution in [2.45, 2.75) is 37.9 Å². The number of nitrogens with one attached hydrogen (secondary N) is 2. The number of benzene rings is 2. The largest absolute Gasteiger partial charge is 0.484 e. The van der Waals surface area contributed by atoms with Crippen molar-refractivity contribution in [1.29, 1.82) is 0 Å². The van der Waals surface area contributed by atoms with E-state index in [0.717, 1.165) is 37.8 Å². The molecule has 1 saturated carbocycles. The number of amides is 2. The molecule has 0 radical (unpaired) electrons. The quantitative estimate of drug-likeness (QED) is 0.490. The van der Waals surface area contributed by atoms with E-state index < -0.39 is 24.3 Å². The molecule has 178 valence electrons.